The number of amides is 3. The van der Waals surface area contributed by atoms with Crippen LogP contribution in [-0.4, -0.2) is 54.5 Å². The van der Waals surface area contributed by atoms with Gasteiger partial charge in [0.1, 0.15) is 23.3 Å². The number of carbonyl (C=O) groups is 3. The zero-order valence-electron chi connectivity index (χ0n) is 18.5. The number of rotatable bonds is 9. The van der Waals surface area contributed by atoms with Gasteiger partial charge in [-0.2, -0.15) is 0 Å². The number of unbranched alkanes of at least 4 members (excludes halogenated alkanes) is 1. The van der Waals surface area contributed by atoms with E-state index in [1.54, 1.807) is 6.07 Å². The monoisotopic (exact) mass is 475 g/mol. The summed E-state index contributed by atoms with van der Waals surface area (Å²) in [5.41, 5.74) is 0.147. The first-order chi connectivity index (χ1) is 15.7. The van der Waals surface area contributed by atoms with Crippen molar-refractivity contribution in [3.05, 3.63) is 65.5 Å². The van der Waals surface area contributed by atoms with E-state index in [1.165, 1.54) is 49.4 Å². The number of fused-ring (bicyclic) bond motifs is 1. The maximum absolute atomic E-state index is 14.3. The normalized spacial score (nSPS) is 15.1. The van der Waals surface area contributed by atoms with E-state index in [4.69, 9.17) is 0 Å². The van der Waals surface area contributed by atoms with Crippen molar-refractivity contribution < 1.29 is 27.2 Å². The average Bonchev–Trinajstić information content (AvgIpc) is 2.99. The largest absolute Gasteiger partial charge is 0.354 e. The molecule has 33 heavy (non-hydrogen) atoms. The number of nitrogens with one attached hydrogen (secondary N) is 1. The smallest absolute Gasteiger partial charge is 0.269 e. The second-order valence-electron chi connectivity index (χ2n) is 7.75. The van der Waals surface area contributed by atoms with Crippen LogP contribution in [0.3, 0.4) is 0 Å². The number of sulfonamides is 1. The molecule has 0 aliphatic carbocycles. The highest BCUT2D eigenvalue weighted by Crippen LogP contribution is 2.30. The van der Waals surface area contributed by atoms with Crippen LogP contribution in [0.25, 0.3) is 0 Å². The molecule has 0 fully saturated rings. The molecule has 3 amide bonds. The van der Waals surface area contributed by atoms with E-state index in [0.717, 1.165) is 17.7 Å². The molecule has 1 unspecified atom stereocenters. The molecule has 8 nitrogen and oxygen atoms in total. The molecule has 1 heterocycles. The second-order valence-corrected chi connectivity index (χ2v) is 9.58. The third-order valence-corrected chi connectivity index (χ3v) is 7.27. The number of nitrogens with zero attached hydrogens (tertiary/aromatic N) is 2. The van der Waals surface area contributed by atoms with Gasteiger partial charge < -0.3 is 10.2 Å². The Labute approximate surface area is 192 Å². The van der Waals surface area contributed by atoms with Crippen LogP contribution >= 0.6 is 0 Å². The minimum atomic E-state index is -4.21. The maximum atomic E-state index is 14.3. The molecule has 0 bridgehead atoms. The molecule has 1 atom stereocenters. The summed E-state index contributed by atoms with van der Waals surface area (Å²) in [4.78, 5) is 39.5. The Morgan fingerprint density at radius 2 is 1.79 bits per heavy atom. The molecular weight excluding hydrogens is 449 g/mol. The highest BCUT2D eigenvalue weighted by Gasteiger charge is 2.43. The van der Waals surface area contributed by atoms with Crippen LogP contribution in [0.2, 0.25) is 0 Å². The van der Waals surface area contributed by atoms with Crippen molar-refractivity contribution in [3.8, 4) is 0 Å². The van der Waals surface area contributed by atoms with Gasteiger partial charge in [-0.15, -0.1) is 0 Å². The summed E-state index contributed by atoms with van der Waals surface area (Å²) in [5, 5.41) is 2.73. The summed E-state index contributed by atoms with van der Waals surface area (Å²) < 4.78 is 40.5. The molecule has 0 saturated carbocycles. The van der Waals surface area contributed by atoms with E-state index in [2.05, 4.69) is 5.32 Å². The Balaban J connectivity index is 1.87. The summed E-state index contributed by atoms with van der Waals surface area (Å²) >= 11 is 0. The van der Waals surface area contributed by atoms with Gasteiger partial charge in [0.25, 0.3) is 15.9 Å². The first-order valence-electron chi connectivity index (χ1n) is 10.6. The topological polar surface area (TPSA) is 104 Å². The summed E-state index contributed by atoms with van der Waals surface area (Å²) in [6, 6.07) is 10.5. The van der Waals surface area contributed by atoms with Gasteiger partial charge in [0, 0.05) is 18.7 Å². The van der Waals surface area contributed by atoms with Gasteiger partial charge in [-0.25, -0.2) is 17.1 Å². The summed E-state index contributed by atoms with van der Waals surface area (Å²) in [7, 11) is -4.21. The molecule has 10 heteroatoms. The minimum absolute atomic E-state index is 0.0173. The Hall–Kier alpha value is -3.27. The first kappa shape index (κ1) is 24.4. The Bertz CT molecular complexity index is 1170. The number of hydrogen-bond donors (Lipinski definition) is 1. The number of hydrogen-bond acceptors (Lipinski definition) is 5. The lowest BCUT2D eigenvalue weighted by molar-refractivity contribution is -0.140. The van der Waals surface area contributed by atoms with Crippen LogP contribution in [0, 0.1) is 5.82 Å². The summed E-state index contributed by atoms with van der Waals surface area (Å²) in [6.07, 6.45) is 1.61. The zero-order chi connectivity index (χ0) is 24.2. The molecule has 1 aliphatic rings. The summed E-state index contributed by atoms with van der Waals surface area (Å²) in [6.45, 7) is 2.81. The van der Waals surface area contributed by atoms with Crippen LogP contribution in [0.5, 0.6) is 0 Å². The van der Waals surface area contributed by atoms with Gasteiger partial charge in [0.2, 0.25) is 11.8 Å². The van der Waals surface area contributed by atoms with Crippen molar-refractivity contribution >= 4 is 27.7 Å². The van der Waals surface area contributed by atoms with Crippen LogP contribution in [0.15, 0.2) is 53.4 Å². The molecule has 0 spiro atoms. The fourth-order valence-corrected chi connectivity index (χ4v) is 5.05. The van der Waals surface area contributed by atoms with E-state index >= 15 is 0 Å². The molecule has 1 N–H and O–H groups in total. The van der Waals surface area contributed by atoms with Crippen molar-refractivity contribution in [2.75, 3.05) is 13.1 Å². The van der Waals surface area contributed by atoms with E-state index in [1.807, 2.05) is 6.92 Å². The van der Waals surface area contributed by atoms with Gasteiger partial charge in [-0.05, 0) is 31.5 Å². The number of carbonyl (C=O) groups excluding carboxylic acids is 3. The van der Waals surface area contributed by atoms with Gasteiger partial charge in [0.05, 0.1) is 5.56 Å². The highest BCUT2D eigenvalue weighted by molar-refractivity contribution is 7.90. The van der Waals surface area contributed by atoms with Gasteiger partial charge in [0.15, 0.2) is 0 Å². The van der Waals surface area contributed by atoms with E-state index < -0.39 is 46.1 Å². The van der Waals surface area contributed by atoms with Crippen molar-refractivity contribution in [1.82, 2.24) is 14.5 Å². The second kappa shape index (κ2) is 10.1. The molecule has 176 valence electrons. The van der Waals surface area contributed by atoms with Crippen LogP contribution in [-0.2, 0) is 26.2 Å². The summed E-state index contributed by atoms with van der Waals surface area (Å²) in [5.74, 6) is -2.62. The average molecular weight is 476 g/mol. The predicted octanol–water partition coefficient (Wildman–Crippen LogP) is 2.30. The van der Waals surface area contributed by atoms with E-state index in [9.17, 15) is 27.2 Å². The van der Waals surface area contributed by atoms with Crippen molar-refractivity contribution in [2.24, 2.45) is 0 Å². The quantitative estimate of drug-likeness (QED) is 0.561. The highest BCUT2D eigenvalue weighted by atomic mass is 32.2. The Morgan fingerprint density at radius 3 is 2.45 bits per heavy atom. The van der Waals surface area contributed by atoms with Crippen LogP contribution < -0.4 is 5.32 Å². The zero-order valence-corrected chi connectivity index (χ0v) is 19.3. The third kappa shape index (κ3) is 5.05. The third-order valence-electron chi connectivity index (χ3n) is 5.49. The lowest BCUT2D eigenvalue weighted by Gasteiger charge is -2.30. The molecule has 1 aliphatic heterocycles. The maximum Gasteiger partial charge on any atom is 0.269 e. The van der Waals surface area contributed by atoms with Crippen molar-refractivity contribution in [3.63, 3.8) is 0 Å². The molecule has 2 aromatic rings. The fourth-order valence-electron chi connectivity index (χ4n) is 3.53. The van der Waals surface area contributed by atoms with Gasteiger partial charge in [-0.3, -0.25) is 14.4 Å². The lowest BCUT2D eigenvalue weighted by Crippen LogP contribution is -2.51. The Kier molecular flexibility index (Phi) is 7.47. The molecule has 2 aromatic carbocycles. The first-order valence-corrected chi connectivity index (χ1v) is 12.1. The molecule has 0 radical (unpaired) electrons. The molecule has 0 aromatic heterocycles. The standard InChI is InChI=1S/C23H26FN3O5S/c1-3-4-13-25-22(29)16(2)26(14-17-9-5-7-11-19(17)24)21(28)15-27-23(30)18-10-6-8-12-20(18)33(27,31)32/h5-12,16H,3-4,13-15H2,1-2H3,(H,25,29). The minimum Gasteiger partial charge on any atom is -0.354 e. The number of benzene rings is 2. The molecule has 0 saturated heterocycles. The van der Waals surface area contributed by atoms with E-state index in [-0.39, 0.29) is 22.6 Å². The number of halogens is 1. The van der Waals surface area contributed by atoms with Gasteiger partial charge >= 0.3 is 0 Å². The molecule has 3 rings (SSSR count). The van der Waals surface area contributed by atoms with E-state index in [0.29, 0.717) is 10.8 Å². The Morgan fingerprint density at radius 1 is 1.12 bits per heavy atom. The predicted molar refractivity (Wildman–Crippen MR) is 119 cm³/mol. The fraction of sp³-hybridized carbons (Fsp3) is 0.348. The van der Waals surface area contributed by atoms with Crippen molar-refractivity contribution in [1.29, 1.82) is 0 Å². The van der Waals surface area contributed by atoms with Crippen molar-refractivity contribution in [2.45, 2.75) is 44.2 Å². The van der Waals surface area contributed by atoms with Gasteiger partial charge in [-0.1, -0.05) is 43.7 Å². The lowest BCUT2D eigenvalue weighted by atomic mass is 10.1. The molecular formula is C23H26FN3O5S. The van der Waals surface area contributed by atoms with Crippen LogP contribution in [0.1, 0.15) is 42.6 Å². The SMILES string of the molecule is CCCCNC(=O)C(C)N(Cc1ccccc1F)C(=O)CN1C(=O)c2ccccc2S1(=O)=O. The van der Waals surface area contributed by atoms with Crippen LogP contribution in [0.4, 0.5) is 4.39 Å².